The molecule has 0 aromatic rings. The highest BCUT2D eigenvalue weighted by atomic mass is 16.4. The lowest BCUT2D eigenvalue weighted by molar-refractivity contribution is -0.139. The summed E-state index contributed by atoms with van der Waals surface area (Å²) in [7, 11) is 0. The summed E-state index contributed by atoms with van der Waals surface area (Å²) < 4.78 is 0. The van der Waals surface area contributed by atoms with E-state index in [0.717, 1.165) is 51.4 Å². The quantitative estimate of drug-likeness (QED) is 0.0421. The Morgan fingerprint density at radius 1 is 0.286 bits per heavy atom. The van der Waals surface area contributed by atoms with Gasteiger partial charge in [-0.2, -0.15) is 0 Å². The molecule has 0 aliphatic heterocycles. The number of carboxylic acid groups (broad SMARTS) is 4. The molecular formula is C38H78O18. The lowest BCUT2D eigenvalue weighted by Crippen LogP contribution is -2.46. The summed E-state index contributed by atoms with van der Waals surface area (Å²) in [5, 5.41) is 119. The second-order valence-corrected chi connectivity index (χ2v) is 13.0. The molecule has 18 heteroatoms. The Bertz CT molecular complexity index is 715. The highest BCUT2D eigenvalue weighted by molar-refractivity contribution is 5.68. The second kappa shape index (κ2) is 52.5. The molecule has 338 valence electrons. The number of rotatable bonds is 33. The van der Waals surface area contributed by atoms with Gasteiger partial charge in [0.25, 0.3) is 0 Å². The summed E-state index contributed by atoms with van der Waals surface area (Å²) >= 11 is 0. The summed E-state index contributed by atoms with van der Waals surface area (Å²) in [6.07, 6.45) is 14.2. The van der Waals surface area contributed by atoms with Crippen molar-refractivity contribution in [2.45, 2.75) is 179 Å². The van der Waals surface area contributed by atoms with Crippen LogP contribution in [-0.4, -0.2) is 159 Å². The smallest absolute Gasteiger partial charge is 0.303 e. The predicted molar refractivity (Wildman–Crippen MR) is 208 cm³/mol. The van der Waals surface area contributed by atoms with Gasteiger partial charge in [0.1, 0.15) is 24.4 Å². The molecule has 0 radical (unpaired) electrons. The third-order valence-electron chi connectivity index (χ3n) is 7.71. The molecule has 4 atom stereocenters. The third kappa shape index (κ3) is 63.4. The number of carbonyl (C=O) groups is 4. The van der Waals surface area contributed by atoms with E-state index in [-0.39, 0.29) is 25.7 Å². The van der Waals surface area contributed by atoms with E-state index in [0.29, 0.717) is 52.1 Å². The van der Waals surface area contributed by atoms with Gasteiger partial charge < -0.3 is 71.5 Å². The van der Waals surface area contributed by atoms with Crippen LogP contribution in [-0.2, 0) is 19.2 Å². The maximum absolute atomic E-state index is 9.90. The first-order chi connectivity index (χ1) is 26.6. The van der Waals surface area contributed by atoms with E-state index < -0.39 is 61.5 Å². The molecule has 0 aliphatic carbocycles. The molecule has 56 heavy (non-hydrogen) atoms. The summed E-state index contributed by atoms with van der Waals surface area (Å²) in [4.78, 5) is 39.6. The third-order valence-corrected chi connectivity index (χ3v) is 7.71. The van der Waals surface area contributed by atoms with Crippen LogP contribution in [0.3, 0.4) is 0 Å². The number of hydrogen-bond acceptors (Lipinski definition) is 14. The Hall–Kier alpha value is -2.52. The van der Waals surface area contributed by atoms with Crippen LogP contribution in [0.2, 0.25) is 0 Å². The highest BCUT2D eigenvalue weighted by Crippen LogP contribution is 2.09. The maximum Gasteiger partial charge on any atom is 0.303 e. The first kappa shape index (κ1) is 62.7. The molecule has 0 saturated carbocycles. The van der Waals surface area contributed by atoms with Gasteiger partial charge in [-0.05, 0) is 51.4 Å². The minimum atomic E-state index is -1.67. The number of aliphatic hydroxyl groups is 10. The largest absolute Gasteiger partial charge is 0.481 e. The van der Waals surface area contributed by atoms with E-state index in [2.05, 4.69) is 0 Å². The fourth-order valence-corrected chi connectivity index (χ4v) is 4.34. The van der Waals surface area contributed by atoms with Gasteiger partial charge in [0.2, 0.25) is 0 Å². The fourth-order valence-electron chi connectivity index (χ4n) is 4.34. The fraction of sp³-hybridized carbons (Fsp3) is 0.895. The minimum Gasteiger partial charge on any atom is -0.481 e. The van der Waals surface area contributed by atoms with Crippen molar-refractivity contribution < 1.29 is 90.7 Å². The summed E-state index contributed by atoms with van der Waals surface area (Å²) in [5.74, 6) is -3.48. The molecule has 0 heterocycles. The highest BCUT2D eigenvalue weighted by Gasteiger charge is 2.29. The van der Waals surface area contributed by atoms with Crippen molar-refractivity contribution in [1.82, 2.24) is 0 Å². The van der Waals surface area contributed by atoms with Crippen molar-refractivity contribution >= 4 is 23.9 Å². The van der Waals surface area contributed by atoms with Crippen molar-refractivity contribution in [2.75, 3.05) is 39.6 Å². The summed E-state index contributed by atoms with van der Waals surface area (Å²) in [5.41, 5.74) is 0. The zero-order chi connectivity index (χ0) is 43.8. The molecule has 0 rings (SSSR count). The topological polar surface area (TPSA) is 352 Å². The van der Waals surface area contributed by atoms with Gasteiger partial charge in [0, 0.05) is 52.1 Å². The van der Waals surface area contributed by atoms with Gasteiger partial charge in [-0.25, -0.2) is 0 Å². The molecule has 0 aromatic heterocycles. The monoisotopic (exact) mass is 823 g/mol. The zero-order valence-electron chi connectivity index (χ0n) is 33.4. The molecule has 0 bridgehead atoms. The Morgan fingerprint density at radius 2 is 0.446 bits per heavy atom. The maximum atomic E-state index is 9.90. The second-order valence-electron chi connectivity index (χ2n) is 13.0. The Labute approximate surface area is 332 Å². The van der Waals surface area contributed by atoms with Crippen molar-refractivity contribution in [3.05, 3.63) is 0 Å². The van der Waals surface area contributed by atoms with Gasteiger partial charge in [-0.3, -0.25) is 19.2 Å². The van der Waals surface area contributed by atoms with Crippen molar-refractivity contribution in [1.29, 1.82) is 0 Å². The van der Waals surface area contributed by atoms with Crippen LogP contribution in [0.5, 0.6) is 0 Å². The van der Waals surface area contributed by atoms with E-state index in [1.54, 1.807) is 0 Å². The molecule has 14 N–H and O–H groups in total. The molecule has 0 unspecified atom stereocenters. The Morgan fingerprint density at radius 3 is 0.571 bits per heavy atom. The van der Waals surface area contributed by atoms with Crippen LogP contribution in [0.15, 0.2) is 0 Å². The lowest BCUT2D eigenvalue weighted by atomic mass is 10.0. The van der Waals surface area contributed by atoms with E-state index in [1.807, 2.05) is 0 Å². The molecule has 0 saturated heterocycles. The molecule has 0 amide bonds. The van der Waals surface area contributed by atoms with Crippen LogP contribution >= 0.6 is 0 Å². The van der Waals surface area contributed by atoms with Crippen LogP contribution in [0.1, 0.15) is 154 Å². The standard InChI is InChI=1S/2C10H22O2.C6H14O6.2C6H10O4/c2*11-9-7-5-3-1-2-4-6-8-10-12;7-1-3(9)5(11)6(12)4(10)2-8;2*7-5(8)3-1-2-4-6(9)10/h2*11-12H,1-10H2;3-12H,1-2H2;2*1-4H2,(H,7,8)(H,9,10)/t;;3-,4+,5-,6-;;/m..1../s1. The summed E-state index contributed by atoms with van der Waals surface area (Å²) in [6.45, 7) is -0.100. The van der Waals surface area contributed by atoms with Crippen LogP contribution in [0.4, 0.5) is 0 Å². The number of unbranched alkanes of at least 4 members (excludes halogenated alkanes) is 16. The van der Waals surface area contributed by atoms with E-state index in [9.17, 15) is 19.2 Å². The molecule has 0 fully saturated rings. The SMILES string of the molecule is O=C(O)CCCCC(=O)O.O=C(O)CCCCC(=O)O.OCCCCCCCCCCO.OCCCCCCCCCCO.OC[C@@H](O)[C@@H](O)[C@H](O)[C@@H](O)CO. The number of hydrogen-bond donors (Lipinski definition) is 14. The average Bonchev–Trinajstić information content (AvgIpc) is 3.16. The first-order valence-electron chi connectivity index (χ1n) is 19.9. The number of aliphatic carboxylic acids is 4. The molecule has 0 aliphatic rings. The zero-order valence-corrected chi connectivity index (χ0v) is 33.4. The van der Waals surface area contributed by atoms with Crippen molar-refractivity contribution in [3.63, 3.8) is 0 Å². The Balaban J connectivity index is -0.000000194. The normalized spacial score (nSPS) is 12.4. The Kier molecular flexibility index (Phi) is 58.7. The van der Waals surface area contributed by atoms with Crippen LogP contribution < -0.4 is 0 Å². The van der Waals surface area contributed by atoms with Gasteiger partial charge >= 0.3 is 23.9 Å². The predicted octanol–water partition coefficient (Wildman–Crippen LogP) is 2.03. The molecule has 18 nitrogen and oxygen atoms in total. The van der Waals surface area contributed by atoms with Crippen molar-refractivity contribution in [2.24, 2.45) is 0 Å². The molecular weight excluding hydrogens is 744 g/mol. The van der Waals surface area contributed by atoms with Gasteiger partial charge in [0.05, 0.1) is 13.2 Å². The number of carboxylic acids is 4. The van der Waals surface area contributed by atoms with Gasteiger partial charge in [0.15, 0.2) is 0 Å². The minimum absolute atomic E-state index is 0.0628. The van der Waals surface area contributed by atoms with Crippen molar-refractivity contribution in [3.8, 4) is 0 Å². The van der Waals surface area contributed by atoms with E-state index in [1.165, 1.54) is 51.4 Å². The van der Waals surface area contributed by atoms with Crippen LogP contribution in [0, 0.1) is 0 Å². The first-order valence-corrected chi connectivity index (χ1v) is 19.9. The summed E-state index contributed by atoms with van der Waals surface area (Å²) in [6, 6.07) is 0. The van der Waals surface area contributed by atoms with Crippen LogP contribution in [0.25, 0.3) is 0 Å². The van der Waals surface area contributed by atoms with Gasteiger partial charge in [-0.15, -0.1) is 0 Å². The average molecular weight is 823 g/mol. The van der Waals surface area contributed by atoms with E-state index >= 15 is 0 Å². The van der Waals surface area contributed by atoms with E-state index in [4.69, 9.17) is 71.5 Å². The molecule has 0 spiro atoms. The molecule has 0 aromatic carbocycles. The number of aliphatic hydroxyl groups excluding tert-OH is 10. The van der Waals surface area contributed by atoms with Gasteiger partial charge in [-0.1, -0.05) is 77.0 Å². The lowest BCUT2D eigenvalue weighted by Gasteiger charge is -2.24.